The molecule has 98 valence electrons. The van der Waals surface area contributed by atoms with Crippen LogP contribution in [0.15, 0.2) is 30.3 Å². The lowest BCUT2D eigenvalue weighted by molar-refractivity contribution is 0.325. The standard InChI is InChI=1S/C17H25N/c1-16(2)14(12-18)15(16)17(10-6-7-11-17)13-8-4-3-5-9-13/h3-5,8-9,14-15H,6-7,10-12,18H2,1-2H3/t14-,15-/m0/s1. The molecule has 3 rings (SSSR count). The van der Waals surface area contributed by atoms with Crippen molar-refractivity contribution in [1.82, 2.24) is 0 Å². The minimum absolute atomic E-state index is 0.425. The third-order valence-corrected chi connectivity index (χ3v) is 5.74. The van der Waals surface area contributed by atoms with Crippen molar-refractivity contribution >= 4 is 0 Å². The van der Waals surface area contributed by atoms with Gasteiger partial charge >= 0.3 is 0 Å². The Kier molecular flexibility index (Phi) is 2.78. The average Bonchev–Trinajstić information content (AvgIpc) is 2.78. The molecule has 1 nitrogen and oxygen atoms in total. The van der Waals surface area contributed by atoms with E-state index in [2.05, 4.69) is 44.2 Å². The molecule has 2 N–H and O–H groups in total. The summed E-state index contributed by atoms with van der Waals surface area (Å²) in [6.07, 6.45) is 5.50. The average molecular weight is 243 g/mol. The van der Waals surface area contributed by atoms with Gasteiger partial charge in [0.15, 0.2) is 0 Å². The molecule has 2 aliphatic rings. The lowest BCUT2D eigenvalue weighted by Gasteiger charge is -2.32. The first kappa shape index (κ1) is 12.2. The second-order valence-corrected chi connectivity index (χ2v) is 6.87. The molecular formula is C17H25N. The summed E-state index contributed by atoms with van der Waals surface area (Å²) in [6.45, 7) is 5.68. The van der Waals surface area contributed by atoms with Crippen molar-refractivity contribution in [3.8, 4) is 0 Å². The van der Waals surface area contributed by atoms with E-state index in [-0.39, 0.29) is 0 Å². The molecule has 2 aliphatic carbocycles. The number of benzene rings is 1. The lowest BCUT2D eigenvalue weighted by atomic mass is 9.72. The third-order valence-electron chi connectivity index (χ3n) is 5.74. The maximum absolute atomic E-state index is 6.00. The van der Waals surface area contributed by atoms with E-state index in [4.69, 9.17) is 5.73 Å². The number of nitrogens with two attached hydrogens (primary N) is 1. The third kappa shape index (κ3) is 1.56. The summed E-state index contributed by atoms with van der Waals surface area (Å²) in [4.78, 5) is 0. The molecule has 1 aromatic carbocycles. The monoisotopic (exact) mass is 243 g/mol. The Morgan fingerprint density at radius 2 is 1.72 bits per heavy atom. The van der Waals surface area contributed by atoms with E-state index in [0.717, 1.165) is 18.4 Å². The van der Waals surface area contributed by atoms with E-state index in [1.807, 2.05) is 0 Å². The van der Waals surface area contributed by atoms with Crippen LogP contribution in [0.3, 0.4) is 0 Å². The molecule has 0 amide bonds. The van der Waals surface area contributed by atoms with Crippen molar-refractivity contribution in [1.29, 1.82) is 0 Å². The van der Waals surface area contributed by atoms with Gasteiger partial charge in [-0.05, 0) is 47.6 Å². The summed E-state index contributed by atoms with van der Waals surface area (Å²) in [6, 6.07) is 11.2. The topological polar surface area (TPSA) is 26.0 Å². The van der Waals surface area contributed by atoms with Crippen LogP contribution >= 0.6 is 0 Å². The first-order chi connectivity index (χ1) is 8.63. The normalized spacial score (nSPS) is 32.4. The summed E-state index contributed by atoms with van der Waals surface area (Å²) in [5.41, 5.74) is 8.44. The highest BCUT2D eigenvalue weighted by Crippen LogP contribution is 2.69. The predicted octanol–water partition coefficient (Wildman–Crippen LogP) is 3.73. The van der Waals surface area contributed by atoms with Gasteiger partial charge in [-0.2, -0.15) is 0 Å². The molecular weight excluding hydrogens is 218 g/mol. The maximum Gasteiger partial charge on any atom is -0.00102 e. The Hall–Kier alpha value is -0.820. The number of rotatable bonds is 3. The minimum atomic E-state index is 0.425. The Balaban J connectivity index is 1.99. The van der Waals surface area contributed by atoms with E-state index in [1.54, 1.807) is 5.56 Å². The van der Waals surface area contributed by atoms with Crippen molar-refractivity contribution < 1.29 is 0 Å². The van der Waals surface area contributed by atoms with Crippen LogP contribution in [0.1, 0.15) is 45.1 Å². The van der Waals surface area contributed by atoms with Crippen molar-refractivity contribution in [3.63, 3.8) is 0 Å². The Morgan fingerprint density at radius 3 is 2.22 bits per heavy atom. The van der Waals surface area contributed by atoms with Gasteiger partial charge in [-0.25, -0.2) is 0 Å². The summed E-state index contributed by atoms with van der Waals surface area (Å²) in [5, 5.41) is 0. The molecule has 0 aliphatic heterocycles. The van der Waals surface area contributed by atoms with Gasteiger partial charge in [0, 0.05) is 0 Å². The Labute approximate surface area is 111 Å². The van der Waals surface area contributed by atoms with Crippen LogP contribution in [-0.4, -0.2) is 6.54 Å². The quantitative estimate of drug-likeness (QED) is 0.860. The zero-order chi connectivity index (χ0) is 12.8. The van der Waals surface area contributed by atoms with E-state index in [0.29, 0.717) is 10.8 Å². The fourth-order valence-electron chi connectivity index (χ4n) is 4.84. The van der Waals surface area contributed by atoms with Crippen molar-refractivity contribution in [2.75, 3.05) is 6.54 Å². The highest BCUT2D eigenvalue weighted by Gasteiger charge is 2.65. The van der Waals surface area contributed by atoms with Crippen molar-refractivity contribution in [3.05, 3.63) is 35.9 Å². The van der Waals surface area contributed by atoms with Crippen LogP contribution in [-0.2, 0) is 5.41 Å². The summed E-state index contributed by atoms with van der Waals surface area (Å²) < 4.78 is 0. The Bertz CT molecular complexity index is 414. The molecule has 0 bridgehead atoms. The van der Waals surface area contributed by atoms with E-state index in [9.17, 15) is 0 Å². The largest absolute Gasteiger partial charge is 0.330 e. The van der Waals surface area contributed by atoms with Crippen LogP contribution in [0, 0.1) is 17.3 Å². The fraction of sp³-hybridized carbons (Fsp3) is 0.647. The molecule has 0 saturated heterocycles. The second-order valence-electron chi connectivity index (χ2n) is 6.87. The van der Waals surface area contributed by atoms with E-state index in [1.165, 1.54) is 25.7 Å². The smallest absolute Gasteiger partial charge is 0.00102 e. The molecule has 0 spiro atoms. The van der Waals surface area contributed by atoms with E-state index >= 15 is 0 Å². The number of hydrogen-bond donors (Lipinski definition) is 1. The van der Waals surface area contributed by atoms with Crippen LogP contribution in [0.4, 0.5) is 0 Å². The fourth-order valence-corrected chi connectivity index (χ4v) is 4.84. The lowest BCUT2D eigenvalue weighted by Crippen LogP contribution is -2.28. The highest BCUT2D eigenvalue weighted by atomic mass is 14.8. The molecule has 18 heavy (non-hydrogen) atoms. The van der Waals surface area contributed by atoms with Crippen LogP contribution in [0.25, 0.3) is 0 Å². The molecule has 0 aromatic heterocycles. The molecule has 2 fully saturated rings. The van der Waals surface area contributed by atoms with Crippen LogP contribution < -0.4 is 5.73 Å². The number of hydrogen-bond acceptors (Lipinski definition) is 1. The van der Waals surface area contributed by atoms with Gasteiger partial charge in [-0.3, -0.25) is 0 Å². The van der Waals surface area contributed by atoms with Gasteiger partial charge in [0.25, 0.3) is 0 Å². The maximum atomic E-state index is 6.00. The second kappa shape index (κ2) is 4.09. The van der Waals surface area contributed by atoms with Gasteiger partial charge in [0.05, 0.1) is 0 Å². The summed E-state index contributed by atoms with van der Waals surface area (Å²) in [7, 11) is 0. The highest BCUT2D eigenvalue weighted by molar-refractivity contribution is 5.33. The SMILES string of the molecule is CC1(C)[C@@H](C2(c3ccccc3)CCCC2)[C@@H]1CN. The molecule has 0 radical (unpaired) electrons. The molecule has 0 unspecified atom stereocenters. The molecule has 1 aromatic rings. The zero-order valence-electron chi connectivity index (χ0n) is 11.7. The van der Waals surface area contributed by atoms with Crippen LogP contribution in [0.2, 0.25) is 0 Å². The molecule has 1 heteroatoms. The van der Waals surface area contributed by atoms with Gasteiger partial charge < -0.3 is 5.73 Å². The van der Waals surface area contributed by atoms with Crippen molar-refractivity contribution in [2.45, 2.75) is 44.9 Å². The molecule has 2 atom stereocenters. The minimum Gasteiger partial charge on any atom is -0.330 e. The zero-order valence-corrected chi connectivity index (χ0v) is 11.7. The first-order valence-electron chi connectivity index (χ1n) is 7.38. The van der Waals surface area contributed by atoms with Crippen LogP contribution in [0.5, 0.6) is 0 Å². The summed E-state index contributed by atoms with van der Waals surface area (Å²) >= 11 is 0. The Morgan fingerprint density at radius 1 is 1.11 bits per heavy atom. The van der Waals surface area contributed by atoms with Crippen molar-refractivity contribution in [2.24, 2.45) is 23.0 Å². The van der Waals surface area contributed by atoms with Gasteiger partial charge in [-0.15, -0.1) is 0 Å². The van der Waals surface area contributed by atoms with Gasteiger partial charge in [0.2, 0.25) is 0 Å². The first-order valence-corrected chi connectivity index (χ1v) is 7.38. The molecule has 2 saturated carbocycles. The van der Waals surface area contributed by atoms with Gasteiger partial charge in [0.1, 0.15) is 0 Å². The van der Waals surface area contributed by atoms with E-state index < -0.39 is 0 Å². The predicted molar refractivity (Wildman–Crippen MR) is 76.4 cm³/mol. The molecule has 0 heterocycles. The van der Waals surface area contributed by atoms with Gasteiger partial charge in [-0.1, -0.05) is 57.0 Å². The summed E-state index contributed by atoms with van der Waals surface area (Å²) in [5.74, 6) is 1.51.